The SMILES string of the molecule is Cc1sc2ncnc(NCCCCCO)c2c1C. The Kier molecular flexibility index (Phi) is 4.49. The summed E-state index contributed by atoms with van der Waals surface area (Å²) in [6.45, 7) is 5.40. The summed E-state index contributed by atoms with van der Waals surface area (Å²) in [6.07, 6.45) is 4.58. The number of aromatic nitrogens is 2. The van der Waals surface area contributed by atoms with Crippen molar-refractivity contribution in [1.29, 1.82) is 0 Å². The Balaban J connectivity index is 2.08. The molecule has 0 unspecified atom stereocenters. The van der Waals surface area contributed by atoms with Crippen molar-refractivity contribution in [3.8, 4) is 0 Å². The van der Waals surface area contributed by atoms with Crippen molar-refractivity contribution in [2.75, 3.05) is 18.5 Å². The van der Waals surface area contributed by atoms with Crippen LogP contribution in [0.25, 0.3) is 10.2 Å². The van der Waals surface area contributed by atoms with Crippen molar-refractivity contribution in [3.05, 3.63) is 16.8 Å². The zero-order valence-corrected chi connectivity index (χ0v) is 11.7. The van der Waals surface area contributed by atoms with E-state index >= 15 is 0 Å². The largest absolute Gasteiger partial charge is 0.396 e. The van der Waals surface area contributed by atoms with E-state index < -0.39 is 0 Å². The molecule has 0 aliphatic carbocycles. The number of anilines is 1. The van der Waals surface area contributed by atoms with E-state index in [1.54, 1.807) is 17.7 Å². The number of thiophene rings is 1. The van der Waals surface area contributed by atoms with Gasteiger partial charge in [-0.2, -0.15) is 0 Å². The summed E-state index contributed by atoms with van der Waals surface area (Å²) >= 11 is 1.72. The van der Waals surface area contributed by atoms with Gasteiger partial charge in [-0.05, 0) is 38.7 Å². The summed E-state index contributed by atoms with van der Waals surface area (Å²) in [7, 11) is 0. The molecule has 0 aliphatic rings. The van der Waals surface area contributed by atoms with Gasteiger partial charge in [0, 0.05) is 18.0 Å². The molecule has 0 aromatic carbocycles. The highest BCUT2D eigenvalue weighted by molar-refractivity contribution is 7.18. The van der Waals surface area contributed by atoms with Crippen LogP contribution in [0.4, 0.5) is 5.82 Å². The molecule has 0 bridgehead atoms. The topological polar surface area (TPSA) is 58.0 Å². The summed E-state index contributed by atoms with van der Waals surface area (Å²) in [5, 5.41) is 13.3. The minimum Gasteiger partial charge on any atom is -0.396 e. The smallest absolute Gasteiger partial charge is 0.138 e. The lowest BCUT2D eigenvalue weighted by molar-refractivity contribution is 0.283. The molecule has 0 amide bonds. The van der Waals surface area contributed by atoms with Crippen LogP contribution in [0.5, 0.6) is 0 Å². The van der Waals surface area contributed by atoms with Crippen molar-refractivity contribution in [3.63, 3.8) is 0 Å². The first-order valence-electron chi connectivity index (χ1n) is 6.29. The van der Waals surface area contributed by atoms with E-state index in [0.29, 0.717) is 0 Å². The second kappa shape index (κ2) is 6.11. The Morgan fingerprint density at radius 2 is 2.06 bits per heavy atom. The van der Waals surface area contributed by atoms with Crippen molar-refractivity contribution >= 4 is 27.4 Å². The molecule has 0 aliphatic heterocycles. The Bertz CT molecular complexity index is 524. The molecule has 5 heteroatoms. The van der Waals surface area contributed by atoms with Gasteiger partial charge in [0.15, 0.2) is 0 Å². The maximum Gasteiger partial charge on any atom is 0.138 e. The number of nitrogens with zero attached hydrogens (tertiary/aromatic N) is 2. The number of hydrogen-bond acceptors (Lipinski definition) is 5. The zero-order valence-electron chi connectivity index (χ0n) is 10.9. The highest BCUT2D eigenvalue weighted by atomic mass is 32.1. The number of nitrogens with one attached hydrogen (secondary N) is 1. The van der Waals surface area contributed by atoms with Gasteiger partial charge in [0.05, 0.1) is 5.39 Å². The molecule has 98 valence electrons. The molecular formula is C13H19N3OS. The van der Waals surface area contributed by atoms with Crippen molar-refractivity contribution in [2.24, 2.45) is 0 Å². The number of aliphatic hydroxyl groups excluding tert-OH is 1. The fraction of sp³-hybridized carbons (Fsp3) is 0.538. The van der Waals surface area contributed by atoms with Gasteiger partial charge in [0.25, 0.3) is 0 Å². The van der Waals surface area contributed by atoms with Gasteiger partial charge in [-0.1, -0.05) is 0 Å². The summed E-state index contributed by atoms with van der Waals surface area (Å²) in [5.74, 6) is 0.936. The molecular weight excluding hydrogens is 246 g/mol. The predicted molar refractivity (Wildman–Crippen MR) is 76.3 cm³/mol. The number of hydrogen-bond donors (Lipinski definition) is 2. The Morgan fingerprint density at radius 1 is 1.22 bits per heavy atom. The van der Waals surface area contributed by atoms with E-state index in [-0.39, 0.29) is 6.61 Å². The molecule has 0 atom stereocenters. The summed E-state index contributed by atoms with van der Waals surface area (Å²) in [5.41, 5.74) is 1.27. The lowest BCUT2D eigenvalue weighted by atomic mass is 10.2. The predicted octanol–water partition coefficient (Wildman–Crippen LogP) is 2.88. The van der Waals surface area contributed by atoms with E-state index in [1.807, 2.05) is 0 Å². The minimum atomic E-state index is 0.278. The highest BCUT2D eigenvalue weighted by Crippen LogP contribution is 2.32. The first kappa shape index (κ1) is 13.2. The average Bonchev–Trinajstić information content (AvgIpc) is 2.66. The van der Waals surface area contributed by atoms with Gasteiger partial charge in [-0.25, -0.2) is 9.97 Å². The zero-order chi connectivity index (χ0) is 13.0. The van der Waals surface area contributed by atoms with Crippen LogP contribution in [-0.2, 0) is 0 Å². The number of aryl methyl sites for hydroxylation is 2. The molecule has 0 radical (unpaired) electrons. The highest BCUT2D eigenvalue weighted by Gasteiger charge is 2.11. The standard InChI is InChI=1S/C13H19N3OS/c1-9-10(2)18-13-11(9)12(15-8-16-13)14-6-4-3-5-7-17/h8,17H,3-7H2,1-2H3,(H,14,15,16). The number of fused-ring (bicyclic) bond motifs is 1. The van der Waals surface area contributed by atoms with Crippen LogP contribution >= 0.6 is 11.3 Å². The lowest BCUT2D eigenvalue weighted by Crippen LogP contribution is -2.04. The van der Waals surface area contributed by atoms with Gasteiger partial charge in [0.2, 0.25) is 0 Å². The molecule has 4 nitrogen and oxygen atoms in total. The fourth-order valence-corrected chi connectivity index (χ4v) is 2.93. The molecule has 2 heterocycles. The first-order chi connectivity index (χ1) is 8.74. The third-order valence-electron chi connectivity index (χ3n) is 3.09. The average molecular weight is 265 g/mol. The third kappa shape index (κ3) is 2.79. The van der Waals surface area contributed by atoms with Crippen LogP contribution in [-0.4, -0.2) is 28.2 Å². The van der Waals surface area contributed by atoms with E-state index in [9.17, 15) is 0 Å². The fourth-order valence-electron chi connectivity index (χ4n) is 1.94. The second-order valence-corrected chi connectivity index (χ2v) is 5.60. The summed E-state index contributed by atoms with van der Waals surface area (Å²) in [4.78, 5) is 11.0. The molecule has 2 aromatic heterocycles. The maximum absolute atomic E-state index is 8.72. The minimum absolute atomic E-state index is 0.278. The number of rotatable bonds is 6. The molecule has 0 spiro atoms. The van der Waals surface area contributed by atoms with Crippen LogP contribution in [0.3, 0.4) is 0 Å². The first-order valence-corrected chi connectivity index (χ1v) is 7.11. The lowest BCUT2D eigenvalue weighted by Gasteiger charge is -2.06. The van der Waals surface area contributed by atoms with E-state index in [2.05, 4.69) is 29.1 Å². The van der Waals surface area contributed by atoms with Crippen LogP contribution in [0.2, 0.25) is 0 Å². The van der Waals surface area contributed by atoms with E-state index in [0.717, 1.165) is 41.8 Å². The van der Waals surface area contributed by atoms with Gasteiger partial charge in [-0.3, -0.25) is 0 Å². The quantitative estimate of drug-likeness (QED) is 0.789. The summed E-state index contributed by atoms with van der Waals surface area (Å²) < 4.78 is 0. The normalized spacial score (nSPS) is 11.1. The van der Waals surface area contributed by atoms with Gasteiger partial charge < -0.3 is 10.4 Å². The molecule has 0 saturated carbocycles. The monoisotopic (exact) mass is 265 g/mol. The Morgan fingerprint density at radius 3 is 2.83 bits per heavy atom. The van der Waals surface area contributed by atoms with E-state index in [4.69, 9.17) is 5.11 Å². The molecule has 0 fully saturated rings. The van der Waals surface area contributed by atoms with Crippen LogP contribution in [0, 0.1) is 13.8 Å². The van der Waals surface area contributed by atoms with Crippen LogP contribution < -0.4 is 5.32 Å². The van der Waals surface area contributed by atoms with Gasteiger partial charge in [0.1, 0.15) is 17.0 Å². The van der Waals surface area contributed by atoms with Crippen molar-refractivity contribution in [1.82, 2.24) is 9.97 Å². The molecule has 18 heavy (non-hydrogen) atoms. The Labute approximate surface area is 111 Å². The second-order valence-electron chi connectivity index (χ2n) is 4.40. The molecule has 0 saturated heterocycles. The summed E-state index contributed by atoms with van der Waals surface area (Å²) in [6, 6.07) is 0. The molecule has 2 aromatic rings. The number of aliphatic hydroxyl groups is 1. The third-order valence-corrected chi connectivity index (χ3v) is 4.21. The van der Waals surface area contributed by atoms with Crippen LogP contribution in [0.15, 0.2) is 6.33 Å². The van der Waals surface area contributed by atoms with Gasteiger partial charge >= 0.3 is 0 Å². The van der Waals surface area contributed by atoms with Crippen molar-refractivity contribution in [2.45, 2.75) is 33.1 Å². The van der Waals surface area contributed by atoms with Crippen molar-refractivity contribution < 1.29 is 5.11 Å². The Hall–Kier alpha value is -1.20. The van der Waals surface area contributed by atoms with Gasteiger partial charge in [-0.15, -0.1) is 11.3 Å². The van der Waals surface area contributed by atoms with E-state index in [1.165, 1.54) is 10.4 Å². The maximum atomic E-state index is 8.72. The van der Waals surface area contributed by atoms with Crippen LogP contribution in [0.1, 0.15) is 29.7 Å². The number of unbranched alkanes of at least 4 members (excludes halogenated alkanes) is 2. The molecule has 2 rings (SSSR count). The molecule has 2 N–H and O–H groups in total.